The summed E-state index contributed by atoms with van der Waals surface area (Å²) in [7, 11) is 0. The second-order valence-corrected chi connectivity index (χ2v) is 7.35. The van der Waals surface area contributed by atoms with Crippen molar-refractivity contribution < 1.29 is 13.9 Å². The van der Waals surface area contributed by atoms with Crippen LogP contribution in [0.2, 0.25) is 0 Å². The van der Waals surface area contributed by atoms with E-state index in [0.717, 1.165) is 39.9 Å². The van der Waals surface area contributed by atoms with E-state index in [9.17, 15) is 4.79 Å². The van der Waals surface area contributed by atoms with Gasteiger partial charge in [0.05, 0.1) is 6.61 Å². The summed E-state index contributed by atoms with van der Waals surface area (Å²) in [5, 5.41) is 3.00. The second-order valence-electron chi connectivity index (χ2n) is 7.35. The molecule has 152 valence electrons. The molecule has 30 heavy (non-hydrogen) atoms. The lowest BCUT2D eigenvalue weighted by Crippen LogP contribution is -2.13. The number of carbonyl (C=O) groups excluding carboxylic acids is 1. The number of oxazole rings is 1. The van der Waals surface area contributed by atoms with E-state index in [0.29, 0.717) is 23.8 Å². The summed E-state index contributed by atoms with van der Waals surface area (Å²) >= 11 is 0. The molecule has 5 heteroatoms. The third kappa shape index (κ3) is 4.20. The van der Waals surface area contributed by atoms with Crippen molar-refractivity contribution in [2.24, 2.45) is 0 Å². The molecule has 0 aliphatic rings. The maximum absolute atomic E-state index is 12.8. The quantitative estimate of drug-likeness (QED) is 0.421. The number of amides is 1. The van der Waals surface area contributed by atoms with Crippen LogP contribution in [0.15, 0.2) is 65.1 Å². The van der Waals surface area contributed by atoms with E-state index in [2.05, 4.69) is 10.3 Å². The van der Waals surface area contributed by atoms with Gasteiger partial charge in [0.1, 0.15) is 11.3 Å². The van der Waals surface area contributed by atoms with Crippen LogP contribution in [0, 0.1) is 13.8 Å². The number of carbonyl (C=O) groups is 1. The van der Waals surface area contributed by atoms with Gasteiger partial charge in [0.2, 0.25) is 5.89 Å². The van der Waals surface area contributed by atoms with Gasteiger partial charge in [-0.1, -0.05) is 25.1 Å². The van der Waals surface area contributed by atoms with Gasteiger partial charge < -0.3 is 14.5 Å². The lowest BCUT2D eigenvalue weighted by Gasteiger charge is -2.11. The van der Waals surface area contributed by atoms with Gasteiger partial charge in [-0.25, -0.2) is 4.98 Å². The minimum Gasteiger partial charge on any atom is -0.494 e. The first-order chi connectivity index (χ1) is 14.5. The molecule has 0 fully saturated rings. The third-order valence-corrected chi connectivity index (χ3v) is 4.85. The molecule has 0 atom stereocenters. The third-order valence-electron chi connectivity index (χ3n) is 4.85. The minimum absolute atomic E-state index is 0.189. The van der Waals surface area contributed by atoms with Crippen LogP contribution < -0.4 is 10.1 Å². The zero-order chi connectivity index (χ0) is 21.1. The van der Waals surface area contributed by atoms with Crippen LogP contribution in [0.4, 0.5) is 5.69 Å². The fourth-order valence-electron chi connectivity index (χ4n) is 3.19. The van der Waals surface area contributed by atoms with Gasteiger partial charge in [-0.2, -0.15) is 0 Å². The maximum Gasteiger partial charge on any atom is 0.255 e. The number of nitrogens with zero attached hydrogens (tertiary/aromatic N) is 1. The number of nitrogens with one attached hydrogen (secondary N) is 1. The summed E-state index contributed by atoms with van der Waals surface area (Å²) in [5.41, 5.74) is 5.71. The fraction of sp³-hybridized carbons (Fsp3) is 0.200. The van der Waals surface area contributed by atoms with E-state index in [-0.39, 0.29) is 5.91 Å². The predicted octanol–water partition coefficient (Wildman–Crippen LogP) is 6.15. The highest BCUT2D eigenvalue weighted by Gasteiger charge is 2.13. The molecule has 0 unspecified atom stereocenters. The molecule has 5 nitrogen and oxygen atoms in total. The first-order valence-corrected chi connectivity index (χ1v) is 10.1. The van der Waals surface area contributed by atoms with E-state index in [1.165, 1.54) is 0 Å². The van der Waals surface area contributed by atoms with Gasteiger partial charge in [0.25, 0.3) is 5.91 Å². The number of anilines is 1. The standard InChI is InChI=1S/C25H24N2O3/c1-4-12-29-20-7-5-6-18(14-20)24(28)26-22-15-19(10-9-17(22)3)25-27-21-11-8-16(2)13-23(21)30-25/h5-11,13-15H,4,12H2,1-3H3,(H,26,28). The molecule has 0 radical (unpaired) electrons. The number of fused-ring (bicyclic) bond motifs is 1. The molecule has 0 aliphatic carbocycles. The van der Waals surface area contributed by atoms with Gasteiger partial charge in [0.15, 0.2) is 5.58 Å². The summed E-state index contributed by atoms with van der Waals surface area (Å²) in [4.78, 5) is 17.4. The lowest BCUT2D eigenvalue weighted by atomic mass is 10.1. The molecule has 0 aliphatic heterocycles. The van der Waals surface area contributed by atoms with Gasteiger partial charge in [0, 0.05) is 16.8 Å². The molecular weight excluding hydrogens is 376 g/mol. The Bertz CT molecular complexity index is 1210. The Kier molecular flexibility index (Phi) is 5.53. The average Bonchev–Trinajstić information content (AvgIpc) is 3.17. The SMILES string of the molecule is CCCOc1cccc(C(=O)Nc2cc(-c3nc4ccc(C)cc4o3)ccc2C)c1. The van der Waals surface area contributed by atoms with Crippen LogP contribution in [0.25, 0.3) is 22.6 Å². The summed E-state index contributed by atoms with van der Waals surface area (Å²) < 4.78 is 11.6. The van der Waals surface area contributed by atoms with Gasteiger partial charge in [-0.15, -0.1) is 0 Å². The summed E-state index contributed by atoms with van der Waals surface area (Å²) in [6.07, 6.45) is 0.914. The molecule has 4 aromatic rings. The van der Waals surface area contributed by atoms with Crippen molar-refractivity contribution >= 4 is 22.7 Å². The number of hydrogen-bond donors (Lipinski definition) is 1. The fourth-order valence-corrected chi connectivity index (χ4v) is 3.19. The molecule has 1 N–H and O–H groups in total. The van der Waals surface area contributed by atoms with Crippen molar-refractivity contribution in [1.29, 1.82) is 0 Å². The predicted molar refractivity (Wildman–Crippen MR) is 119 cm³/mol. The Morgan fingerprint density at radius 3 is 2.77 bits per heavy atom. The zero-order valence-electron chi connectivity index (χ0n) is 17.4. The molecule has 1 amide bonds. The van der Waals surface area contributed by atoms with E-state index in [1.807, 2.05) is 69.3 Å². The largest absolute Gasteiger partial charge is 0.494 e. The lowest BCUT2D eigenvalue weighted by molar-refractivity contribution is 0.102. The molecule has 0 bridgehead atoms. The molecule has 0 saturated carbocycles. The number of aryl methyl sites for hydroxylation is 2. The summed E-state index contributed by atoms with van der Waals surface area (Å²) in [5.74, 6) is 1.03. The Hall–Kier alpha value is -3.60. The minimum atomic E-state index is -0.189. The topological polar surface area (TPSA) is 64.4 Å². The van der Waals surface area contributed by atoms with E-state index in [4.69, 9.17) is 9.15 Å². The van der Waals surface area contributed by atoms with Crippen molar-refractivity contribution in [1.82, 2.24) is 4.98 Å². The molecule has 4 rings (SSSR count). The van der Waals surface area contributed by atoms with Crippen LogP contribution in [-0.4, -0.2) is 17.5 Å². The smallest absolute Gasteiger partial charge is 0.255 e. The summed E-state index contributed by atoms with van der Waals surface area (Å²) in [6.45, 7) is 6.64. The van der Waals surface area contributed by atoms with Crippen LogP contribution in [0.5, 0.6) is 5.75 Å². The van der Waals surface area contributed by atoms with E-state index < -0.39 is 0 Å². The normalized spacial score (nSPS) is 10.9. The molecule has 0 spiro atoms. The first-order valence-electron chi connectivity index (χ1n) is 10.1. The Morgan fingerprint density at radius 1 is 1.07 bits per heavy atom. The van der Waals surface area contributed by atoms with Crippen molar-refractivity contribution in [2.75, 3.05) is 11.9 Å². The molecule has 1 aromatic heterocycles. The van der Waals surface area contributed by atoms with Crippen LogP contribution >= 0.6 is 0 Å². The highest BCUT2D eigenvalue weighted by Crippen LogP contribution is 2.29. The van der Waals surface area contributed by atoms with Crippen LogP contribution in [0.3, 0.4) is 0 Å². The van der Waals surface area contributed by atoms with Crippen molar-refractivity contribution in [3.63, 3.8) is 0 Å². The molecule has 3 aromatic carbocycles. The van der Waals surface area contributed by atoms with Crippen molar-refractivity contribution in [2.45, 2.75) is 27.2 Å². The number of ether oxygens (including phenoxy) is 1. The number of hydrogen-bond acceptors (Lipinski definition) is 4. The average molecular weight is 400 g/mol. The van der Waals surface area contributed by atoms with E-state index in [1.54, 1.807) is 12.1 Å². The zero-order valence-corrected chi connectivity index (χ0v) is 17.4. The van der Waals surface area contributed by atoms with Crippen LogP contribution in [-0.2, 0) is 0 Å². The van der Waals surface area contributed by atoms with E-state index >= 15 is 0 Å². The molecule has 1 heterocycles. The Balaban J connectivity index is 1.59. The Labute approximate surface area is 175 Å². The number of benzene rings is 3. The van der Waals surface area contributed by atoms with Gasteiger partial charge >= 0.3 is 0 Å². The number of aromatic nitrogens is 1. The van der Waals surface area contributed by atoms with Crippen LogP contribution in [0.1, 0.15) is 34.8 Å². The second kappa shape index (κ2) is 8.41. The number of rotatable bonds is 6. The first kappa shape index (κ1) is 19.7. The van der Waals surface area contributed by atoms with Crippen molar-refractivity contribution in [3.8, 4) is 17.2 Å². The Morgan fingerprint density at radius 2 is 1.93 bits per heavy atom. The molecular formula is C25H24N2O3. The highest BCUT2D eigenvalue weighted by molar-refractivity contribution is 6.05. The monoisotopic (exact) mass is 400 g/mol. The van der Waals surface area contributed by atoms with Gasteiger partial charge in [-0.3, -0.25) is 4.79 Å². The van der Waals surface area contributed by atoms with Crippen molar-refractivity contribution in [3.05, 3.63) is 77.4 Å². The summed E-state index contributed by atoms with van der Waals surface area (Å²) in [6, 6.07) is 18.9. The maximum atomic E-state index is 12.8. The highest BCUT2D eigenvalue weighted by atomic mass is 16.5. The molecule has 0 saturated heterocycles. The van der Waals surface area contributed by atoms with Gasteiger partial charge in [-0.05, 0) is 73.9 Å².